The van der Waals surface area contributed by atoms with Gasteiger partial charge < -0.3 is 17.0 Å². The summed E-state index contributed by atoms with van der Waals surface area (Å²) in [6.45, 7) is 0.578. The molecule has 1 heterocycles. The zero-order valence-electron chi connectivity index (χ0n) is 13.1. The molecule has 0 saturated heterocycles. The van der Waals surface area contributed by atoms with Crippen molar-refractivity contribution in [1.82, 2.24) is 0 Å². The quantitative estimate of drug-likeness (QED) is 0.644. The highest BCUT2D eigenvalue weighted by atomic mass is 79.9. The number of nitrogens with zero attached hydrogens (tertiary/aromatic N) is 1. The largest absolute Gasteiger partial charge is 1.00 e. The predicted octanol–water partition coefficient (Wildman–Crippen LogP) is -0.779. The summed E-state index contributed by atoms with van der Waals surface area (Å²) in [4.78, 5) is 0. The highest BCUT2D eigenvalue weighted by molar-refractivity contribution is 5.14. The topological polar surface area (TPSA) is 3.88 Å². The molecule has 0 N–H and O–H groups in total. The highest BCUT2D eigenvalue weighted by Gasteiger charge is 1.98. The van der Waals surface area contributed by atoms with Crippen molar-refractivity contribution in [3.8, 4) is 0 Å². The molecule has 0 aliphatic carbocycles. The fourth-order valence-corrected chi connectivity index (χ4v) is 1.23. The van der Waals surface area contributed by atoms with Gasteiger partial charge in [0.05, 0.1) is 6.85 Å². The van der Waals surface area contributed by atoms with Gasteiger partial charge in [0.2, 0.25) is 0 Å². The van der Waals surface area contributed by atoms with Crippen molar-refractivity contribution in [3.05, 3.63) is 66.4 Å². The third kappa shape index (κ3) is 3.84. The van der Waals surface area contributed by atoms with Crippen molar-refractivity contribution in [3.63, 3.8) is 0 Å². The van der Waals surface area contributed by atoms with Crippen LogP contribution in [-0.2, 0) is 13.0 Å². The maximum Gasteiger partial charge on any atom is 0.168 e. The fourth-order valence-electron chi connectivity index (χ4n) is 1.23. The van der Waals surface area contributed by atoms with E-state index in [2.05, 4.69) is 0 Å². The Labute approximate surface area is 108 Å². The minimum absolute atomic E-state index is 0. The van der Waals surface area contributed by atoms with Gasteiger partial charge in [0.25, 0.3) is 0 Å². The second-order valence-corrected chi connectivity index (χ2v) is 2.97. The Balaban J connectivity index is 0.00000200. The van der Waals surface area contributed by atoms with Crippen molar-refractivity contribution in [2.24, 2.45) is 0 Å². The average Bonchev–Trinajstić information content (AvgIpc) is 2.44. The van der Waals surface area contributed by atoms with E-state index in [0.717, 1.165) is 0 Å². The SMILES string of the molecule is [2H]c1c([2H])c([2H])c(CC[n+]2ccccc2)c([2H])c1[2H].[Br-]. The number of aromatic nitrogens is 1. The van der Waals surface area contributed by atoms with Crippen LogP contribution in [0.15, 0.2) is 60.8 Å². The molecule has 1 nitrogen and oxygen atoms in total. The molecule has 0 fully saturated rings. The van der Waals surface area contributed by atoms with Crippen LogP contribution in [-0.4, -0.2) is 0 Å². The number of hydrogen-bond donors (Lipinski definition) is 0. The van der Waals surface area contributed by atoms with E-state index in [1.165, 1.54) is 0 Å². The number of hydrogen-bond acceptors (Lipinski definition) is 0. The Morgan fingerprint density at radius 3 is 2.33 bits per heavy atom. The molecule has 78 valence electrons. The Morgan fingerprint density at radius 2 is 1.67 bits per heavy atom. The first-order valence-corrected chi connectivity index (χ1v) is 4.52. The van der Waals surface area contributed by atoms with Gasteiger partial charge in [-0.15, -0.1) is 0 Å². The average molecular weight is 269 g/mol. The number of pyridine rings is 1. The predicted molar refractivity (Wildman–Crippen MR) is 56.8 cm³/mol. The highest BCUT2D eigenvalue weighted by Crippen LogP contribution is 1.98. The van der Waals surface area contributed by atoms with Gasteiger partial charge in [-0.25, -0.2) is 4.57 Å². The van der Waals surface area contributed by atoms with Crippen LogP contribution in [0, 0.1) is 0 Å². The maximum atomic E-state index is 7.82. The zero-order chi connectivity index (χ0) is 14.0. The maximum absolute atomic E-state index is 7.82. The van der Waals surface area contributed by atoms with E-state index in [1.807, 2.05) is 35.2 Å². The van der Waals surface area contributed by atoms with Gasteiger partial charge in [-0.1, -0.05) is 36.3 Å². The van der Waals surface area contributed by atoms with Gasteiger partial charge >= 0.3 is 0 Å². The van der Waals surface area contributed by atoms with Crippen LogP contribution in [0.1, 0.15) is 12.4 Å². The Bertz CT molecular complexity index is 574. The molecule has 0 bridgehead atoms. The Kier molecular flexibility index (Phi) is 2.73. The second kappa shape index (κ2) is 6.36. The number of benzene rings is 1. The minimum Gasteiger partial charge on any atom is -1.00 e. The summed E-state index contributed by atoms with van der Waals surface area (Å²) in [5.41, 5.74) is 0.363. The van der Waals surface area contributed by atoms with E-state index in [0.29, 0.717) is 18.5 Å². The standard InChI is InChI=1S/C13H14N.BrH/c1-3-7-13(8-4-1)9-12-14-10-5-2-6-11-14;/h1-8,10-11H,9,12H2;1H/q+1;/p-1/i1D,3D,4D,7D,8D;. The molecule has 2 rings (SSSR count). The molecule has 0 saturated carbocycles. The molecule has 0 radical (unpaired) electrons. The van der Waals surface area contributed by atoms with Gasteiger partial charge in [-0.2, -0.15) is 0 Å². The monoisotopic (exact) mass is 268 g/mol. The summed E-state index contributed by atoms with van der Waals surface area (Å²) >= 11 is 0. The fraction of sp³-hybridized carbons (Fsp3) is 0.154. The summed E-state index contributed by atoms with van der Waals surface area (Å²) in [6, 6.07) is 4.59. The smallest absolute Gasteiger partial charge is 0.168 e. The Hall–Kier alpha value is -1.15. The minimum atomic E-state index is -0.342. The van der Waals surface area contributed by atoms with Crippen LogP contribution < -0.4 is 21.5 Å². The van der Waals surface area contributed by atoms with Crippen LogP contribution in [0.25, 0.3) is 0 Å². The first-order valence-electron chi connectivity index (χ1n) is 7.02. The second-order valence-electron chi connectivity index (χ2n) is 2.97. The van der Waals surface area contributed by atoms with E-state index in [9.17, 15) is 0 Å². The van der Waals surface area contributed by atoms with Gasteiger partial charge in [-0.3, -0.25) is 0 Å². The molecule has 0 unspecified atom stereocenters. The van der Waals surface area contributed by atoms with E-state index in [4.69, 9.17) is 6.85 Å². The molecule has 2 heteroatoms. The number of rotatable bonds is 3. The number of aryl methyl sites for hydroxylation is 1. The summed E-state index contributed by atoms with van der Waals surface area (Å²) in [5.74, 6) is 0. The summed E-state index contributed by atoms with van der Waals surface area (Å²) in [7, 11) is 0. The molecule has 1 aromatic carbocycles. The third-order valence-electron chi connectivity index (χ3n) is 1.95. The third-order valence-corrected chi connectivity index (χ3v) is 1.95. The first-order chi connectivity index (χ1) is 9.02. The van der Waals surface area contributed by atoms with Gasteiger partial charge in [-0.05, 0) is 5.56 Å². The van der Waals surface area contributed by atoms with E-state index >= 15 is 0 Å². The molecule has 15 heavy (non-hydrogen) atoms. The van der Waals surface area contributed by atoms with Crippen molar-refractivity contribution in [2.75, 3.05) is 0 Å². The summed E-state index contributed by atoms with van der Waals surface area (Å²) in [6.07, 6.45) is 4.18. The van der Waals surface area contributed by atoms with Crippen LogP contribution in [0.3, 0.4) is 0 Å². The summed E-state index contributed by atoms with van der Waals surface area (Å²) < 4.78 is 40.3. The molecule has 0 spiro atoms. The van der Waals surface area contributed by atoms with Crippen molar-refractivity contribution >= 4 is 0 Å². The molecule has 0 atom stereocenters. The van der Waals surface area contributed by atoms with Crippen LogP contribution in [0.4, 0.5) is 0 Å². The van der Waals surface area contributed by atoms with Crippen molar-refractivity contribution in [2.45, 2.75) is 13.0 Å². The molecular formula is C13H14BrN. The first kappa shape index (κ1) is 6.44. The molecule has 0 aliphatic heterocycles. The van der Waals surface area contributed by atoms with E-state index in [1.54, 1.807) is 0 Å². The Morgan fingerprint density at radius 1 is 1.00 bits per heavy atom. The van der Waals surface area contributed by atoms with Crippen LogP contribution >= 0.6 is 0 Å². The van der Waals surface area contributed by atoms with Crippen molar-refractivity contribution in [1.29, 1.82) is 0 Å². The van der Waals surface area contributed by atoms with Crippen molar-refractivity contribution < 1.29 is 28.4 Å². The molecule has 2 aromatic rings. The molecule has 1 aromatic heterocycles. The lowest BCUT2D eigenvalue weighted by Crippen LogP contribution is -3.00. The van der Waals surface area contributed by atoms with Gasteiger partial charge in [0.15, 0.2) is 18.9 Å². The molecule has 0 aliphatic rings. The lowest BCUT2D eigenvalue weighted by molar-refractivity contribution is -0.696. The van der Waals surface area contributed by atoms with Crippen LogP contribution in [0.5, 0.6) is 0 Å². The van der Waals surface area contributed by atoms with E-state index < -0.39 is 0 Å². The molecule has 0 amide bonds. The number of halogens is 1. The normalized spacial score (nSPS) is 14.0. The lowest BCUT2D eigenvalue weighted by atomic mass is 10.1. The van der Waals surface area contributed by atoms with Gasteiger partial charge in [0.1, 0.15) is 0 Å². The van der Waals surface area contributed by atoms with E-state index in [-0.39, 0.29) is 47.2 Å². The molecular weight excluding hydrogens is 250 g/mol. The lowest BCUT2D eigenvalue weighted by Gasteiger charge is -1.97. The van der Waals surface area contributed by atoms with Crippen LogP contribution in [0.2, 0.25) is 0 Å². The zero-order valence-corrected chi connectivity index (χ0v) is 9.71. The summed E-state index contributed by atoms with van der Waals surface area (Å²) in [5, 5.41) is 0. The van der Waals surface area contributed by atoms with Gasteiger partial charge in [0, 0.05) is 18.6 Å².